The summed E-state index contributed by atoms with van der Waals surface area (Å²) in [5.41, 5.74) is 7.21. The van der Waals surface area contributed by atoms with E-state index in [0.29, 0.717) is 17.4 Å². The molecule has 2 atom stereocenters. The number of nitrogens with two attached hydrogens (primary N) is 1. The molecule has 0 radical (unpaired) electrons. The van der Waals surface area contributed by atoms with Crippen molar-refractivity contribution in [1.82, 2.24) is 4.90 Å². The molecule has 21 heavy (non-hydrogen) atoms. The lowest BCUT2D eigenvalue weighted by atomic mass is 9.96. The molecule has 0 saturated carbocycles. The molecule has 1 heterocycles. The fraction of sp³-hybridized carbons (Fsp3) is 0.588. The Labute approximate surface area is 127 Å². The molecule has 1 fully saturated rings. The number of piperidine rings is 1. The van der Waals surface area contributed by atoms with Crippen LogP contribution < -0.4 is 11.1 Å². The molecule has 0 spiro atoms. The van der Waals surface area contributed by atoms with Gasteiger partial charge in [0.05, 0.1) is 17.4 Å². The molecular weight excluding hydrogens is 262 g/mol. The van der Waals surface area contributed by atoms with Crippen molar-refractivity contribution in [2.75, 3.05) is 17.6 Å². The third-order valence-electron chi connectivity index (χ3n) is 4.39. The smallest absolute Gasteiger partial charge is 0.241 e. The first kappa shape index (κ1) is 15.8. The molecule has 0 bridgehead atoms. The van der Waals surface area contributed by atoms with Crippen molar-refractivity contribution in [3.8, 4) is 0 Å². The van der Waals surface area contributed by atoms with E-state index < -0.39 is 0 Å². The number of benzene rings is 1. The van der Waals surface area contributed by atoms with Crippen LogP contribution in [0.2, 0.25) is 0 Å². The van der Waals surface area contributed by atoms with Gasteiger partial charge in [-0.15, -0.1) is 0 Å². The van der Waals surface area contributed by atoms with Crippen LogP contribution in [0.3, 0.4) is 0 Å². The highest BCUT2D eigenvalue weighted by Gasteiger charge is 2.29. The zero-order chi connectivity index (χ0) is 15.2. The van der Waals surface area contributed by atoms with Gasteiger partial charge in [-0.2, -0.15) is 0 Å². The number of hydrogen-bond acceptors (Lipinski definition) is 3. The molecule has 1 aliphatic heterocycles. The fourth-order valence-electron chi connectivity index (χ4n) is 3.17. The van der Waals surface area contributed by atoms with Gasteiger partial charge in [-0.3, -0.25) is 9.69 Å². The number of carbonyl (C=O) groups is 1. The SMILES string of the molecule is CCCC1CCCCN1C(C)C(=O)Nc1ccccc1N. The minimum atomic E-state index is -0.110. The van der Waals surface area contributed by atoms with Crippen molar-refractivity contribution < 1.29 is 4.79 Å². The van der Waals surface area contributed by atoms with Crippen molar-refractivity contribution in [2.24, 2.45) is 0 Å². The summed E-state index contributed by atoms with van der Waals surface area (Å²) in [5, 5.41) is 2.96. The molecule has 2 rings (SSSR count). The van der Waals surface area contributed by atoms with Crippen LogP contribution in [-0.2, 0) is 4.79 Å². The minimum Gasteiger partial charge on any atom is -0.397 e. The molecular formula is C17H27N3O. The Morgan fingerprint density at radius 3 is 2.90 bits per heavy atom. The molecule has 1 aromatic carbocycles. The highest BCUT2D eigenvalue weighted by Crippen LogP contribution is 2.24. The maximum absolute atomic E-state index is 12.5. The normalized spacial score (nSPS) is 21.0. The van der Waals surface area contributed by atoms with E-state index in [-0.39, 0.29) is 11.9 Å². The summed E-state index contributed by atoms with van der Waals surface area (Å²) in [5.74, 6) is 0.0379. The van der Waals surface area contributed by atoms with Gasteiger partial charge in [0.25, 0.3) is 0 Å². The quantitative estimate of drug-likeness (QED) is 0.818. The van der Waals surface area contributed by atoms with Crippen molar-refractivity contribution >= 4 is 17.3 Å². The highest BCUT2D eigenvalue weighted by molar-refractivity contribution is 5.97. The van der Waals surface area contributed by atoms with Crippen LogP contribution >= 0.6 is 0 Å². The van der Waals surface area contributed by atoms with Gasteiger partial charge in [0, 0.05) is 6.04 Å². The summed E-state index contributed by atoms with van der Waals surface area (Å²) < 4.78 is 0. The van der Waals surface area contributed by atoms with Gasteiger partial charge >= 0.3 is 0 Å². The summed E-state index contributed by atoms with van der Waals surface area (Å²) >= 11 is 0. The van der Waals surface area contributed by atoms with Crippen molar-refractivity contribution in [2.45, 2.75) is 58.0 Å². The Hall–Kier alpha value is -1.55. The number of nitrogens with one attached hydrogen (secondary N) is 1. The summed E-state index contributed by atoms with van der Waals surface area (Å²) in [6, 6.07) is 7.84. The first-order valence-corrected chi connectivity index (χ1v) is 8.04. The molecule has 1 aliphatic rings. The first-order chi connectivity index (χ1) is 10.1. The van der Waals surface area contributed by atoms with E-state index >= 15 is 0 Å². The maximum atomic E-state index is 12.5. The van der Waals surface area contributed by atoms with E-state index in [4.69, 9.17) is 5.73 Å². The standard InChI is InChI=1S/C17H27N3O/c1-3-8-14-9-6-7-12-20(14)13(2)17(21)19-16-11-5-4-10-15(16)18/h4-5,10-11,13-14H,3,6-9,12,18H2,1-2H3,(H,19,21). The molecule has 3 N–H and O–H groups in total. The van der Waals surface area contributed by atoms with Crippen LogP contribution in [0.25, 0.3) is 0 Å². The number of rotatable bonds is 5. The Morgan fingerprint density at radius 2 is 2.19 bits per heavy atom. The topological polar surface area (TPSA) is 58.4 Å². The lowest BCUT2D eigenvalue weighted by Gasteiger charge is -2.39. The van der Waals surface area contributed by atoms with Crippen molar-refractivity contribution in [3.63, 3.8) is 0 Å². The van der Waals surface area contributed by atoms with Gasteiger partial charge < -0.3 is 11.1 Å². The Bertz CT molecular complexity index is 473. The predicted molar refractivity (Wildman–Crippen MR) is 88.2 cm³/mol. The third-order valence-corrected chi connectivity index (χ3v) is 4.39. The molecule has 1 aromatic rings. The lowest BCUT2D eigenvalue weighted by Crippen LogP contribution is -2.50. The first-order valence-electron chi connectivity index (χ1n) is 8.04. The van der Waals surface area contributed by atoms with Gasteiger partial charge in [0.1, 0.15) is 0 Å². The molecule has 4 nitrogen and oxygen atoms in total. The van der Waals surface area contributed by atoms with E-state index in [1.165, 1.54) is 32.1 Å². The number of nitrogens with zero attached hydrogens (tertiary/aromatic N) is 1. The zero-order valence-electron chi connectivity index (χ0n) is 13.1. The molecule has 1 amide bonds. The summed E-state index contributed by atoms with van der Waals surface area (Å²) in [6.45, 7) is 5.23. The average molecular weight is 289 g/mol. The number of carbonyl (C=O) groups excluding carboxylic acids is 1. The van der Waals surface area contributed by atoms with E-state index in [9.17, 15) is 4.79 Å². The number of para-hydroxylation sites is 2. The second-order valence-electron chi connectivity index (χ2n) is 5.93. The Kier molecular flexibility index (Phi) is 5.62. The van der Waals surface area contributed by atoms with Crippen LogP contribution in [0.4, 0.5) is 11.4 Å². The zero-order valence-corrected chi connectivity index (χ0v) is 13.1. The van der Waals surface area contributed by atoms with E-state index in [1.807, 2.05) is 25.1 Å². The molecule has 0 aliphatic carbocycles. The van der Waals surface area contributed by atoms with Crippen molar-refractivity contribution in [3.05, 3.63) is 24.3 Å². The van der Waals surface area contributed by atoms with Crippen LogP contribution in [0, 0.1) is 0 Å². The number of nitrogen functional groups attached to an aromatic ring is 1. The Balaban J connectivity index is 2.02. The van der Waals surface area contributed by atoms with Gasteiger partial charge in [-0.1, -0.05) is 31.9 Å². The second kappa shape index (κ2) is 7.46. The number of likely N-dealkylation sites (tertiary alicyclic amines) is 1. The fourth-order valence-corrected chi connectivity index (χ4v) is 3.17. The largest absolute Gasteiger partial charge is 0.397 e. The van der Waals surface area contributed by atoms with Gasteiger partial charge in [0.15, 0.2) is 0 Å². The third kappa shape index (κ3) is 3.97. The summed E-state index contributed by atoms with van der Waals surface area (Å²) in [4.78, 5) is 14.9. The van der Waals surface area contributed by atoms with Gasteiger partial charge in [-0.25, -0.2) is 0 Å². The van der Waals surface area contributed by atoms with E-state index in [1.54, 1.807) is 6.07 Å². The summed E-state index contributed by atoms with van der Waals surface area (Å²) in [6.07, 6.45) is 6.01. The van der Waals surface area contributed by atoms with Crippen LogP contribution in [0.1, 0.15) is 46.0 Å². The lowest BCUT2D eigenvalue weighted by molar-refractivity contribution is -0.122. The second-order valence-corrected chi connectivity index (χ2v) is 5.93. The van der Waals surface area contributed by atoms with Crippen LogP contribution in [0.5, 0.6) is 0 Å². The number of anilines is 2. The summed E-state index contributed by atoms with van der Waals surface area (Å²) in [7, 11) is 0. The van der Waals surface area contributed by atoms with Gasteiger partial charge in [0.2, 0.25) is 5.91 Å². The molecule has 116 valence electrons. The number of hydrogen-bond donors (Lipinski definition) is 2. The van der Waals surface area contributed by atoms with Crippen LogP contribution in [0.15, 0.2) is 24.3 Å². The maximum Gasteiger partial charge on any atom is 0.241 e. The number of amides is 1. The molecule has 4 heteroatoms. The van der Waals surface area contributed by atoms with Gasteiger partial charge in [-0.05, 0) is 44.9 Å². The average Bonchev–Trinajstić information content (AvgIpc) is 2.50. The monoisotopic (exact) mass is 289 g/mol. The van der Waals surface area contributed by atoms with E-state index in [2.05, 4.69) is 17.1 Å². The van der Waals surface area contributed by atoms with E-state index in [0.717, 1.165) is 6.54 Å². The molecule has 1 saturated heterocycles. The molecule has 0 aromatic heterocycles. The minimum absolute atomic E-state index is 0.0379. The Morgan fingerprint density at radius 1 is 1.43 bits per heavy atom. The molecule has 2 unspecified atom stereocenters. The predicted octanol–water partition coefficient (Wildman–Crippen LogP) is 3.25. The van der Waals surface area contributed by atoms with Crippen LogP contribution in [-0.4, -0.2) is 29.4 Å². The van der Waals surface area contributed by atoms with Crippen molar-refractivity contribution in [1.29, 1.82) is 0 Å². The highest BCUT2D eigenvalue weighted by atomic mass is 16.2.